The number of hydrogen-bond acceptors (Lipinski definition) is 2. The van der Waals surface area contributed by atoms with Crippen LogP contribution in [0.1, 0.15) is 24.5 Å². The molecule has 1 unspecified atom stereocenters. The highest BCUT2D eigenvalue weighted by molar-refractivity contribution is 5.29. The normalized spacial score (nSPS) is 26.7. The van der Waals surface area contributed by atoms with E-state index in [1.54, 1.807) is 0 Å². The van der Waals surface area contributed by atoms with Gasteiger partial charge in [0.2, 0.25) is 0 Å². The molecule has 0 spiro atoms. The van der Waals surface area contributed by atoms with Gasteiger partial charge in [0.15, 0.2) is 0 Å². The van der Waals surface area contributed by atoms with E-state index in [-0.39, 0.29) is 12.0 Å². The van der Waals surface area contributed by atoms with Gasteiger partial charge in [-0.05, 0) is 17.5 Å². The summed E-state index contributed by atoms with van der Waals surface area (Å²) in [6.45, 7) is 4.02. The van der Waals surface area contributed by atoms with Gasteiger partial charge >= 0.3 is 0 Å². The maximum Gasteiger partial charge on any atom is 0.0681 e. The summed E-state index contributed by atoms with van der Waals surface area (Å²) in [5.74, 6) is 0. The van der Waals surface area contributed by atoms with Crippen molar-refractivity contribution in [2.24, 2.45) is 0 Å². The lowest BCUT2D eigenvalue weighted by Crippen LogP contribution is -2.21. The Hall–Kier alpha value is -0.860. The van der Waals surface area contributed by atoms with Crippen LogP contribution >= 0.6 is 0 Å². The summed E-state index contributed by atoms with van der Waals surface area (Å²) < 4.78 is 5.42. The summed E-state index contributed by atoms with van der Waals surface area (Å²) in [5.41, 5.74) is 2.46. The lowest BCUT2D eigenvalue weighted by molar-refractivity contribution is 0.181. The van der Waals surface area contributed by atoms with E-state index >= 15 is 0 Å². The van der Waals surface area contributed by atoms with Crippen molar-refractivity contribution in [3.8, 4) is 0 Å². The standard InChI is InChI=1S/C12H16O2/c1-12(6-7-14-9-12)11-4-2-10(8-13)3-5-11/h2-5,13H,6-9H2,1H3. The molecule has 14 heavy (non-hydrogen) atoms. The second kappa shape index (κ2) is 3.71. The highest BCUT2D eigenvalue weighted by atomic mass is 16.5. The molecule has 0 aliphatic carbocycles. The van der Waals surface area contributed by atoms with Gasteiger partial charge in [0.1, 0.15) is 0 Å². The van der Waals surface area contributed by atoms with Gasteiger partial charge in [-0.1, -0.05) is 31.2 Å². The summed E-state index contributed by atoms with van der Waals surface area (Å²) in [7, 11) is 0. The minimum atomic E-state index is 0.119. The van der Waals surface area contributed by atoms with Gasteiger partial charge < -0.3 is 9.84 Å². The van der Waals surface area contributed by atoms with Crippen LogP contribution in [0.25, 0.3) is 0 Å². The van der Waals surface area contributed by atoms with Crippen LogP contribution in [0.3, 0.4) is 0 Å². The number of hydrogen-bond donors (Lipinski definition) is 1. The fourth-order valence-electron chi connectivity index (χ4n) is 1.91. The van der Waals surface area contributed by atoms with Crippen LogP contribution in [0.4, 0.5) is 0 Å². The monoisotopic (exact) mass is 192 g/mol. The molecule has 2 heteroatoms. The third-order valence-corrected chi connectivity index (χ3v) is 3.05. The third-order valence-electron chi connectivity index (χ3n) is 3.05. The molecule has 1 N–H and O–H groups in total. The van der Waals surface area contributed by atoms with E-state index in [1.807, 2.05) is 12.1 Å². The zero-order chi connectivity index (χ0) is 10.0. The summed E-state index contributed by atoms with van der Waals surface area (Å²) >= 11 is 0. The van der Waals surface area contributed by atoms with Crippen LogP contribution in [0, 0.1) is 0 Å². The molecule has 0 aromatic heterocycles. The van der Waals surface area contributed by atoms with Crippen LogP contribution in [0.15, 0.2) is 24.3 Å². The number of benzene rings is 1. The molecular weight excluding hydrogens is 176 g/mol. The zero-order valence-corrected chi connectivity index (χ0v) is 8.49. The van der Waals surface area contributed by atoms with Crippen molar-refractivity contribution in [2.45, 2.75) is 25.4 Å². The van der Waals surface area contributed by atoms with Gasteiger partial charge in [-0.15, -0.1) is 0 Å². The predicted molar refractivity (Wildman–Crippen MR) is 55.2 cm³/mol. The predicted octanol–water partition coefficient (Wildman–Crippen LogP) is 1.86. The van der Waals surface area contributed by atoms with E-state index in [9.17, 15) is 0 Å². The van der Waals surface area contributed by atoms with Gasteiger partial charge in [0, 0.05) is 12.0 Å². The van der Waals surface area contributed by atoms with Gasteiger partial charge in [0.05, 0.1) is 13.2 Å². The molecular formula is C12H16O2. The quantitative estimate of drug-likeness (QED) is 0.775. The molecule has 1 aromatic rings. The Bertz CT molecular complexity index is 297. The second-order valence-corrected chi connectivity index (χ2v) is 4.22. The minimum Gasteiger partial charge on any atom is -0.392 e. The molecule has 2 nitrogen and oxygen atoms in total. The fraction of sp³-hybridized carbons (Fsp3) is 0.500. The van der Waals surface area contributed by atoms with E-state index in [1.165, 1.54) is 5.56 Å². The van der Waals surface area contributed by atoms with Gasteiger partial charge in [-0.3, -0.25) is 0 Å². The van der Waals surface area contributed by atoms with Crippen LogP contribution in [-0.2, 0) is 16.8 Å². The maximum atomic E-state index is 8.93. The van der Waals surface area contributed by atoms with Gasteiger partial charge in [0.25, 0.3) is 0 Å². The van der Waals surface area contributed by atoms with Gasteiger partial charge in [-0.25, -0.2) is 0 Å². The molecule has 2 rings (SSSR count). The van der Waals surface area contributed by atoms with E-state index in [4.69, 9.17) is 9.84 Å². The number of aliphatic hydroxyl groups is 1. The van der Waals surface area contributed by atoms with Crippen molar-refractivity contribution in [1.29, 1.82) is 0 Å². The number of ether oxygens (including phenoxy) is 1. The van der Waals surface area contributed by atoms with Crippen LogP contribution in [0.2, 0.25) is 0 Å². The average Bonchev–Trinajstić information content (AvgIpc) is 2.67. The molecule has 1 aliphatic rings. The summed E-state index contributed by atoms with van der Waals surface area (Å²) in [6.07, 6.45) is 1.09. The van der Waals surface area contributed by atoms with Crippen LogP contribution in [0.5, 0.6) is 0 Å². The molecule has 76 valence electrons. The largest absolute Gasteiger partial charge is 0.392 e. The smallest absolute Gasteiger partial charge is 0.0681 e. The highest BCUT2D eigenvalue weighted by Crippen LogP contribution is 2.32. The average molecular weight is 192 g/mol. The Kier molecular flexibility index (Phi) is 2.57. The highest BCUT2D eigenvalue weighted by Gasteiger charge is 2.31. The van der Waals surface area contributed by atoms with Crippen molar-refractivity contribution in [3.05, 3.63) is 35.4 Å². The molecule has 1 fully saturated rings. The van der Waals surface area contributed by atoms with E-state index < -0.39 is 0 Å². The third kappa shape index (κ3) is 1.68. The molecule has 0 amide bonds. The molecule has 1 saturated heterocycles. The first-order valence-electron chi connectivity index (χ1n) is 5.03. The van der Waals surface area contributed by atoms with E-state index in [0.29, 0.717) is 0 Å². The SMILES string of the molecule is CC1(c2ccc(CO)cc2)CCOC1. The summed E-state index contributed by atoms with van der Waals surface area (Å²) in [5, 5.41) is 8.93. The Morgan fingerprint density at radius 3 is 2.57 bits per heavy atom. The Balaban J connectivity index is 2.23. The van der Waals surface area contributed by atoms with E-state index in [0.717, 1.165) is 25.2 Å². The van der Waals surface area contributed by atoms with Crippen molar-refractivity contribution in [3.63, 3.8) is 0 Å². The lowest BCUT2D eigenvalue weighted by Gasteiger charge is -2.22. The molecule has 1 heterocycles. The van der Waals surface area contributed by atoms with Crippen molar-refractivity contribution >= 4 is 0 Å². The fourth-order valence-corrected chi connectivity index (χ4v) is 1.91. The minimum absolute atomic E-state index is 0.119. The Morgan fingerprint density at radius 1 is 1.36 bits per heavy atom. The van der Waals surface area contributed by atoms with Crippen molar-refractivity contribution in [2.75, 3.05) is 13.2 Å². The molecule has 1 aliphatic heterocycles. The lowest BCUT2D eigenvalue weighted by atomic mass is 9.82. The summed E-state index contributed by atoms with van der Waals surface area (Å²) in [6, 6.07) is 8.16. The molecule has 0 saturated carbocycles. The zero-order valence-electron chi connectivity index (χ0n) is 8.49. The Labute approximate surface area is 84.5 Å². The first-order chi connectivity index (χ1) is 6.74. The van der Waals surface area contributed by atoms with Gasteiger partial charge in [-0.2, -0.15) is 0 Å². The first-order valence-corrected chi connectivity index (χ1v) is 5.03. The Morgan fingerprint density at radius 2 is 2.07 bits per heavy atom. The molecule has 0 radical (unpaired) electrons. The number of rotatable bonds is 2. The molecule has 0 bridgehead atoms. The number of aliphatic hydroxyl groups excluding tert-OH is 1. The first kappa shape index (κ1) is 9.69. The maximum absolute atomic E-state index is 8.93. The summed E-state index contributed by atoms with van der Waals surface area (Å²) in [4.78, 5) is 0. The second-order valence-electron chi connectivity index (χ2n) is 4.22. The molecule has 1 aromatic carbocycles. The van der Waals surface area contributed by atoms with Crippen molar-refractivity contribution < 1.29 is 9.84 Å². The van der Waals surface area contributed by atoms with Crippen LogP contribution < -0.4 is 0 Å². The van der Waals surface area contributed by atoms with Crippen molar-refractivity contribution in [1.82, 2.24) is 0 Å². The molecule has 1 atom stereocenters. The van der Waals surface area contributed by atoms with Crippen LogP contribution in [-0.4, -0.2) is 18.3 Å². The topological polar surface area (TPSA) is 29.5 Å². The van der Waals surface area contributed by atoms with E-state index in [2.05, 4.69) is 19.1 Å².